The number of thiophene rings is 2. The fraction of sp³-hybridized carbons (Fsp3) is 0.312. The van der Waals surface area contributed by atoms with Gasteiger partial charge in [0.05, 0.1) is 0 Å². The number of rotatable bonds is 8. The third-order valence-corrected chi connectivity index (χ3v) is 9.77. The van der Waals surface area contributed by atoms with Crippen molar-refractivity contribution in [2.24, 2.45) is 0 Å². The van der Waals surface area contributed by atoms with Crippen LogP contribution in [0.1, 0.15) is 63.5 Å². The van der Waals surface area contributed by atoms with Crippen molar-refractivity contribution in [1.29, 1.82) is 0 Å². The van der Waals surface area contributed by atoms with E-state index < -0.39 is 0 Å². The van der Waals surface area contributed by atoms with Gasteiger partial charge >= 0.3 is 0 Å². The molecular weight excluding hydrogens is 448 g/mol. The van der Waals surface area contributed by atoms with Gasteiger partial charge in [0, 0.05) is 51.1 Å². The Morgan fingerprint density at radius 1 is 0.471 bits per heavy atom. The van der Waals surface area contributed by atoms with Crippen LogP contribution in [0.3, 0.4) is 0 Å². The van der Waals surface area contributed by atoms with E-state index in [9.17, 15) is 0 Å². The van der Waals surface area contributed by atoms with Crippen molar-refractivity contribution in [2.45, 2.75) is 65.2 Å². The molecule has 6 aromatic rings. The molecule has 0 N–H and O–H groups in total. The molecule has 2 heterocycles. The molecule has 0 aliphatic carbocycles. The Hall–Kier alpha value is -2.42. The van der Waals surface area contributed by atoms with Gasteiger partial charge in [-0.1, -0.05) is 75.9 Å². The Morgan fingerprint density at radius 2 is 0.882 bits per heavy atom. The molecular formula is C32H32S2. The van der Waals surface area contributed by atoms with Gasteiger partial charge in [0.15, 0.2) is 0 Å². The summed E-state index contributed by atoms with van der Waals surface area (Å²) in [5.74, 6) is 0. The average molecular weight is 481 g/mol. The summed E-state index contributed by atoms with van der Waals surface area (Å²) in [5, 5.41) is 8.53. The lowest BCUT2D eigenvalue weighted by Gasteiger charge is -2.03. The first-order chi connectivity index (χ1) is 16.8. The van der Waals surface area contributed by atoms with Crippen LogP contribution in [0, 0.1) is 0 Å². The third-order valence-electron chi connectivity index (χ3n) is 7.33. The smallest absolute Gasteiger partial charge is 0.0434 e. The molecule has 172 valence electrons. The Kier molecular flexibility index (Phi) is 6.05. The SMILES string of the molecule is CCCCCc1ccc2sc3c(ccc4c3ccc3c5cc(CCCCC)ccc5sc34)c2c1. The van der Waals surface area contributed by atoms with Crippen LogP contribution >= 0.6 is 22.7 Å². The van der Waals surface area contributed by atoms with Crippen molar-refractivity contribution in [3.05, 3.63) is 71.8 Å². The molecule has 0 bridgehead atoms. The molecule has 4 aromatic carbocycles. The minimum absolute atomic E-state index is 1.19. The maximum atomic E-state index is 2.45. The van der Waals surface area contributed by atoms with E-state index in [1.807, 2.05) is 22.7 Å². The van der Waals surface area contributed by atoms with Crippen LogP contribution in [0.15, 0.2) is 60.7 Å². The number of unbranched alkanes of at least 4 members (excludes halogenated alkanes) is 4. The largest absolute Gasteiger partial charge is 0.135 e. The molecule has 0 radical (unpaired) electrons. The number of benzene rings is 4. The van der Waals surface area contributed by atoms with Crippen LogP contribution in [-0.2, 0) is 12.8 Å². The van der Waals surface area contributed by atoms with Gasteiger partial charge in [0.25, 0.3) is 0 Å². The Bertz CT molecular complexity index is 1510. The van der Waals surface area contributed by atoms with Gasteiger partial charge in [-0.05, 0) is 61.1 Å². The van der Waals surface area contributed by atoms with Crippen LogP contribution in [0.5, 0.6) is 0 Å². The number of hydrogen-bond donors (Lipinski definition) is 0. The summed E-state index contributed by atoms with van der Waals surface area (Å²) in [6.07, 6.45) is 10.2. The second-order valence-corrected chi connectivity index (χ2v) is 11.9. The standard InChI is InChI=1S/C32H32S2/c1-3-5-7-9-21-11-17-29-27(19-21)25-15-13-24-23(31(25)33-29)14-16-26-28-20-22(10-8-6-4-2)12-18-30(28)34-32(24)26/h11-20H,3-10H2,1-2H3. The monoisotopic (exact) mass is 480 g/mol. The molecule has 0 aliphatic rings. The van der Waals surface area contributed by atoms with E-state index >= 15 is 0 Å². The lowest BCUT2D eigenvalue weighted by atomic mass is 10.0. The van der Waals surface area contributed by atoms with Gasteiger partial charge in [-0.15, -0.1) is 22.7 Å². The second kappa shape index (κ2) is 9.32. The minimum atomic E-state index is 1.19. The molecule has 2 heteroatoms. The van der Waals surface area contributed by atoms with Crippen LogP contribution in [-0.4, -0.2) is 0 Å². The molecule has 2 aromatic heterocycles. The highest BCUT2D eigenvalue weighted by atomic mass is 32.1. The number of hydrogen-bond acceptors (Lipinski definition) is 2. The van der Waals surface area contributed by atoms with E-state index in [0.717, 1.165) is 0 Å². The molecule has 0 fully saturated rings. The fourth-order valence-corrected chi connectivity index (χ4v) is 7.86. The number of aryl methyl sites for hydroxylation is 2. The van der Waals surface area contributed by atoms with Gasteiger partial charge in [-0.2, -0.15) is 0 Å². The quantitative estimate of drug-likeness (QED) is 0.190. The van der Waals surface area contributed by atoms with Crippen molar-refractivity contribution in [2.75, 3.05) is 0 Å². The van der Waals surface area contributed by atoms with E-state index in [-0.39, 0.29) is 0 Å². The molecule has 0 saturated heterocycles. The summed E-state index contributed by atoms with van der Waals surface area (Å²) in [6.45, 7) is 4.56. The predicted octanol–water partition coefficient (Wildman–Crippen LogP) is 11.0. The zero-order chi connectivity index (χ0) is 23.1. The summed E-state index contributed by atoms with van der Waals surface area (Å²) >= 11 is 3.92. The van der Waals surface area contributed by atoms with Crippen LogP contribution in [0.25, 0.3) is 51.1 Å². The highest BCUT2D eigenvalue weighted by Gasteiger charge is 2.14. The topological polar surface area (TPSA) is 0 Å². The zero-order valence-electron chi connectivity index (χ0n) is 20.2. The summed E-state index contributed by atoms with van der Waals surface area (Å²) in [6, 6.07) is 23.8. The van der Waals surface area contributed by atoms with Gasteiger partial charge in [-0.25, -0.2) is 0 Å². The molecule has 34 heavy (non-hydrogen) atoms. The first-order valence-electron chi connectivity index (χ1n) is 13.0. The summed E-state index contributed by atoms with van der Waals surface area (Å²) in [5.41, 5.74) is 2.96. The predicted molar refractivity (Wildman–Crippen MR) is 156 cm³/mol. The Balaban J connectivity index is 1.47. The third kappa shape index (κ3) is 3.82. The average Bonchev–Trinajstić information content (AvgIpc) is 3.42. The van der Waals surface area contributed by atoms with Crippen LogP contribution in [0.4, 0.5) is 0 Å². The van der Waals surface area contributed by atoms with E-state index in [1.54, 1.807) is 0 Å². The van der Waals surface area contributed by atoms with Gasteiger partial charge in [0.1, 0.15) is 0 Å². The second-order valence-electron chi connectivity index (χ2n) is 9.76. The molecule has 0 saturated carbocycles. The van der Waals surface area contributed by atoms with Gasteiger partial charge < -0.3 is 0 Å². The summed E-state index contributed by atoms with van der Waals surface area (Å²) < 4.78 is 5.71. The molecule has 0 unspecified atom stereocenters. The van der Waals surface area contributed by atoms with E-state index in [1.165, 1.54) is 114 Å². The van der Waals surface area contributed by atoms with Crippen LogP contribution < -0.4 is 0 Å². The highest BCUT2D eigenvalue weighted by molar-refractivity contribution is 7.28. The minimum Gasteiger partial charge on any atom is -0.135 e. The lowest BCUT2D eigenvalue weighted by Crippen LogP contribution is -1.84. The first-order valence-corrected chi connectivity index (χ1v) is 14.6. The lowest BCUT2D eigenvalue weighted by molar-refractivity contribution is 0.718. The zero-order valence-corrected chi connectivity index (χ0v) is 21.9. The molecule has 0 amide bonds. The van der Waals surface area contributed by atoms with Crippen molar-refractivity contribution in [3.8, 4) is 0 Å². The maximum absolute atomic E-state index is 2.45. The van der Waals surface area contributed by atoms with E-state index in [4.69, 9.17) is 0 Å². The first kappa shape index (κ1) is 22.1. The van der Waals surface area contributed by atoms with Crippen molar-refractivity contribution in [3.63, 3.8) is 0 Å². The summed E-state index contributed by atoms with van der Waals surface area (Å²) in [4.78, 5) is 0. The molecule has 0 aliphatic heterocycles. The molecule has 0 nitrogen and oxygen atoms in total. The van der Waals surface area contributed by atoms with Crippen molar-refractivity contribution in [1.82, 2.24) is 0 Å². The summed E-state index contributed by atoms with van der Waals surface area (Å²) in [7, 11) is 0. The molecule has 0 spiro atoms. The molecule has 6 rings (SSSR count). The van der Waals surface area contributed by atoms with E-state index in [2.05, 4.69) is 74.5 Å². The normalized spacial score (nSPS) is 12.2. The van der Waals surface area contributed by atoms with Gasteiger partial charge in [0.2, 0.25) is 0 Å². The van der Waals surface area contributed by atoms with Gasteiger partial charge in [-0.3, -0.25) is 0 Å². The highest BCUT2D eigenvalue weighted by Crippen LogP contribution is 2.44. The maximum Gasteiger partial charge on any atom is 0.0434 e. The molecule has 0 atom stereocenters. The van der Waals surface area contributed by atoms with E-state index in [0.29, 0.717) is 0 Å². The fourth-order valence-electron chi connectivity index (χ4n) is 5.44. The Morgan fingerprint density at radius 3 is 1.29 bits per heavy atom. The van der Waals surface area contributed by atoms with Crippen molar-refractivity contribution < 1.29 is 0 Å². The Labute approximate surface area is 210 Å². The van der Waals surface area contributed by atoms with Crippen molar-refractivity contribution >= 4 is 73.8 Å². The number of fused-ring (bicyclic) bond motifs is 9. The van der Waals surface area contributed by atoms with Crippen LogP contribution in [0.2, 0.25) is 0 Å².